The van der Waals surface area contributed by atoms with Crippen molar-refractivity contribution in [3.8, 4) is 0 Å². The van der Waals surface area contributed by atoms with E-state index in [0.717, 1.165) is 27.9 Å². The maximum absolute atomic E-state index is 12.5. The lowest BCUT2D eigenvalue weighted by molar-refractivity contribution is -0.113. The molecule has 2 aromatic heterocycles. The van der Waals surface area contributed by atoms with Gasteiger partial charge in [0.05, 0.1) is 16.4 Å². The molecule has 0 unspecified atom stereocenters. The summed E-state index contributed by atoms with van der Waals surface area (Å²) >= 11 is 4.99. The van der Waals surface area contributed by atoms with Crippen LogP contribution in [0, 0.1) is 6.92 Å². The minimum Gasteiger partial charge on any atom is -0.383 e. The molecule has 1 aliphatic rings. The lowest BCUT2D eigenvalue weighted by Gasteiger charge is -2.30. The fraction of sp³-hybridized carbons (Fsp3) is 0.167. The molecule has 0 bridgehead atoms. The van der Waals surface area contributed by atoms with E-state index in [4.69, 9.17) is 10.7 Å². The third-order valence-electron chi connectivity index (χ3n) is 6.56. The van der Waals surface area contributed by atoms with E-state index in [2.05, 4.69) is 71.0 Å². The highest BCUT2D eigenvalue weighted by atomic mass is 32.2. The zero-order valence-electron chi connectivity index (χ0n) is 20.8. The first-order valence-electron chi connectivity index (χ1n) is 12.4. The van der Waals surface area contributed by atoms with Crippen LogP contribution in [0.1, 0.15) is 37.6 Å². The van der Waals surface area contributed by atoms with Crippen molar-refractivity contribution >= 4 is 62.5 Å². The molecule has 0 radical (unpaired) electrons. The van der Waals surface area contributed by atoms with E-state index in [1.807, 2.05) is 43.0 Å². The van der Waals surface area contributed by atoms with Gasteiger partial charge in [-0.2, -0.15) is 0 Å². The number of carbonyl (C=O) groups excluding carboxylic acids is 1. The first-order chi connectivity index (χ1) is 18.5. The van der Waals surface area contributed by atoms with Crippen LogP contribution in [-0.4, -0.2) is 21.6 Å². The lowest BCUT2D eigenvalue weighted by Crippen LogP contribution is -2.14. The number of fused-ring (bicyclic) bond motifs is 3. The summed E-state index contributed by atoms with van der Waals surface area (Å²) in [6, 6.07) is 29.1. The average molecular weight is 555 g/mol. The molecule has 5 aromatic rings. The Bertz CT molecular complexity index is 1590. The zero-order valence-corrected chi connectivity index (χ0v) is 23.2. The van der Waals surface area contributed by atoms with Crippen molar-refractivity contribution in [3.05, 3.63) is 112 Å². The Morgan fingerprint density at radius 1 is 0.974 bits per heavy atom. The lowest BCUT2D eigenvalue weighted by atomic mass is 9.98. The summed E-state index contributed by atoms with van der Waals surface area (Å²) < 4.78 is 0. The third-order valence-corrected chi connectivity index (χ3v) is 10.3. The van der Waals surface area contributed by atoms with Gasteiger partial charge in [0.15, 0.2) is 5.16 Å². The number of amides is 1. The number of thioether (sulfide) groups is 2. The largest absolute Gasteiger partial charge is 0.383 e. The van der Waals surface area contributed by atoms with Crippen molar-refractivity contribution in [2.24, 2.45) is 0 Å². The molecule has 1 amide bonds. The molecule has 0 spiro atoms. The summed E-state index contributed by atoms with van der Waals surface area (Å²) in [7, 11) is 0. The normalized spacial score (nSPS) is 16.8. The number of nitrogens with zero attached hydrogens (tertiary/aromatic N) is 2. The number of anilines is 2. The summed E-state index contributed by atoms with van der Waals surface area (Å²) in [5.41, 5.74) is 12.3. The molecular weight excluding hydrogens is 529 g/mol. The SMILES string of the molecule is Cc1ccc(NC(=O)CSc2nc(N)c3c4c(sc3n2)[C@H](c2ccccc2)S[C@@H](c2ccccc2)C4)cc1. The first kappa shape index (κ1) is 25.0. The summed E-state index contributed by atoms with van der Waals surface area (Å²) in [5, 5.41) is 4.92. The molecule has 5 nitrogen and oxygen atoms in total. The van der Waals surface area contributed by atoms with Crippen LogP contribution in [0.3, 0.4) is 0 Å². The highest BCUT2D eigenvalue weighted by Crippen LogP contribution is 2.55. The monoisotopic (exact) mass is 554 g/mol. The number of aryl methyl sites for hydroxylation is 1. The molecule has 6 rings (SSSR count). The number of rotatable bonds is 6. The van der Waals surface area contributed by atoms with Crippen molar-refractivity contribution in [1.29, 1.82) is 0 Å². The fourth-order valence-corrected chi connectivity index (χ4v) is 8.43. The number of aromatic nitrogens is 2. The Morgan fingerprint density at radius 3 is 2.37 bits per heavy atom. The van der Waals surface area contributed by atoms with E-state index >= 15 is 0 Å². The molecule has 0 aliphatic carbocycles. The molecule has 0 saturated heterocycles. The van der Waals surface area contributed by atoms with Gasteiger partial charge in [0.2, 0.25) is 5.91 Å². The number of benzene rings is 3. The van der Waals surface area contributed by atoms with E-state index in [-0.39, 0.29) is 16.9 Å². The molecule has 3 heterocycles. The second kappa shape index (κ2) is 10.8. The van der Waals surface area contributed by atoms with E-state index < -0.39 is 0 Å². The van der Waals surface area contributed by atoms with Gasteiger partial charge in [-0.05, 0) is 42.2 Å². The van der Waals surface area contributed by atoms with E-state index in [1.54, 1.807) is 11.3 Å². The number of nitrogen functional groups attached to an aromatic ring is 1. The van der Waals surface area contributed by atoms with Crippen LogP contribution < -0.4 is 11.1 Å². The summed E-state index contributed by atoms with van der Waals surface area (Å²) in [4.78, 5) is 24.2. The predicted molar refractivity (Wildman–Crippen MR) is 161 cm³/mol. The van der Waals surface area contributed by atoms with Crippen molar-refractivity contribution in [3.63, 3.8) is 0 Å². The Balaban J connectivity index is 1.30. The standard InChI is InChI=1S/C30H26N4OS3/c1-18-12-14-21(15-13-18)32-24(35)17-36-30-33-28(31)25-22-16-23(19-8-4-2-5-9-19)37-26(20-10-6-3-7-11-20)27(22)38-29(25)34-30/h2-15,23,26H,16-17H2,1H3,(H,32,35)(H2,31,33,34)/t23-,26+/m1/s1. The minimum atomic E-state index is -0.0992. The van der Waals surface area contributed by atoms with Crippen LogP contribution in [-0.2, 0) is 11.2 Å². The number of hydrogen-bond donors (Lipinski definition) is 2. The second-order valence-corrected chi connectivity index (χ2v) is 12.5. The van der Waals surface area contributed by atoms with Crippen LogP contribution in [0.4, 0.5) is 11.5 Å². The molecular formula is C30H26N4OS3. The Labute approximate surface area is 234 Å². The number of carbonyl (C=O) groups is 1. The minimum absolute atomic E-state index is 0.0992. The molecule has 38 heavy (non-hydrogen) atoms. The highest BCUT2D eigenvalue weighted by molar-refractivity contribution is 8.00. The maximum Gasteiger partial charge on any atom is 0.234 e. The maximum atomic E-state index is 12.5. The zero-order chi connectivity index (χ0) is 26.1. The topological polar surface area (TPSA) is 80.9 Å². The van der Waals surface area contributed by atoms with Gasteiger partial charge in [-0.25, -0.2) is 9.97 Å². The van der Waals surface area contributed by atoms with Gasteiger partial charge >= 0.3 is 0 Å². The summed E-state index contributed by atoms with van der Waals surface area (Å²) in [6.07, 6.45) is 0.881. The van der Waals surface area contributed by atoms with Crippen molar-refractivity contribution in [2.45, 2.75) is 29.0 Å². The van der Waals surface area contributed by atoms with Gasteiger partial charge in [-0.15, -0.1) is 23.1 Å². The molecule has 190 valence electrons. The Kier molecular flexibility index (Phi) is 7.10. The van der Waals surface area contributed by atoms with Crippen molar-refractivity contribution in [1.82, 2.24) is 9.97 Å². The number of nitrogens with one attached hydrogen (secondary N) is 1. The van der Waals surface area contributed by atoms with Gasteiger partial charge in [0, 0.05) is 15.8 Å². The predicted octanol–water partition coefficient (Wildman–Crippen LogP) is 7.43. The number of thiophene rings is 1. The van der Waals surface area contributed by atoms with Crippen molar-refractivity contribution < 1.29 is 4.79 Å². The van der Waals surface area contributed by atoms with Gasteiger partial charge in [-0.1, -0.05) is 90.1 Å². The summed E-state index contributed by atoms with van der Waals surface area (Å²) in [5.74, 6) is 0.597. The number of nitrogens with two attached hydrogens (primary N) is 1. The van der Waals surface area contributed by atoms with Gasteiger partial charge in [-0.3, -0.25) is 4.79 Å². The highest BCUT2D eigenvalue weighted by Gasteiger charge is 2.34. The smallest absolute Gasteiger partial charge is 0.234 e. The Morgan fingerprint density at radius 2 is 1.66 bits per heavy atom. The van der Waals surface area contributed by atoms with Crippen LogP contribution in [0.15, 0.2) is 90.1 Å². The van der Waals surface area contributed by atoms with E-state index in [1.165, 1.54) is 33.3 Å². The number of hydrogen-bond acceptors (Lipinski definition) is 7. The van der Waals surface area contributed by atoms with E-state index in [9.17, 15) is 4.79 Å². The second-order valence-electron chi connectivity index (χ2n) is 9.25. The van der Waals surface area contributed by atoms with Gasteiger partial charge in [0.1, 0.15) is 10.6 Å². The molecule has 2 atom stereocenters. The molecule has 0 fully saturated rings. The van der Waals surface area contributed by atoms with Gasteiger partial charge in [0.25, 0.3) is 0 Å². The molecule has 1 aliphatic heterocycles. The fourth-order valence-electron chi connectivity index (χ4n) is 4.71. The quantitative estimate of drug-likeness (QED) is 0.168. The summed E-state index contributed by atoms with van der Waals surface area (Å²) in [6.45, 7) is 2.02. The van der Waals surface area contributed by atoms with Crippen LogP contribution in [0.2, 0.25) is 0 Å². The van der Waals surface area contributed by atoms with Gasteiger partial charge < -0.3 is 11.1 Å². The third kappa shape index (κ3) is 5.16. The van der Waals surface area contributed by atoms with E-state index in [0.29, 0.717) is 16.2 Å². The molecule has 3 aromatic carbocycles. The first-order valence-corrected chi connectivity index (χ1v) is 15.1. The molecule has 3 N–H and O–H groups in total. The van der Waals surface area contributed by atoms with Crippen molar-refractivity contribution in [2.75, 3.05) is 16.8 Å². The Hall–Kier alpha value is -3.33. The van der Waals surface area contributed by atoms with Crippen LogP contribution in [0.5, 0.6) is 0 Å². The average Bonchev–Trinajstić information content (AvgIpc) is 3.32. The molecule has 0 saturated carbocycles. The molecule has 8 heteroatoms. The van der Waals surface area contributed by atoms with Crippen LogP contribution in [0.25, 0.3) is 10.2 Å². The van der Waals surface area contributed by atoms with Crippen LogP contribution >= 0.6 is 34.9 Å².